The zero-order valence-corrected chi connectivity index (χ0v) is 12.2. The average Bonchev–Trinajstić information content (AvgIpc) is 2.43. The Morgan fingerprint density at radius 2 is 1.75 bits per heavy atom. The molecule has 0 unspecified atom stereocenters. The quantitative estimate of drug-likeness (QED) is 0.754. The predicted molar refractivity (Wildman–Crippen MR) is 81.6 cm³/mol. The molecule has 0 aliphatic heterocycles. The first-order valence-electron chi connectivity index (χ1n) is 6.10. The van der Waals surface area contributed by atoms with E-state index in [1.165, 1.54) is 19.2 Å². The fourth-order valence-electron chi connectivity index (χ4n) is 1.79. The summed E-state index contributed by atoms with van der Waals surface area (Å²) in [5.74, 6) is 0. The fraction of sp³-hybridized carbons (Fsp3) is 0.143. The summed E-state index contributed by atoms with van der Waals surface area (Å²) in [6.45, 7) is 1.96. The van der Waals surface area contributed by atoms with Crippen LogP contribution in [0.5, 0.6) is 0 Å². The number of sulfonamides is 1. The highest BCUT2D eigenvalue weighted by Gasteiger charge is 2.13. The van der Waals surface area contributed by atoms with E-state index in [4.69, 9.17) is 5.73 Å². The van der Waals surface area contributed by atoms with Gasteiger partial charge in [0.15, 0.2) is 0 Å². The predicted octanol–water partition coefficient (Wildman–Crippen LogP) is 2.23. The summed E-state index contributed by atoms with van der Waals surface area (Å²) >= 11 is 0. The molecule has 6 heteroatoms. The second kappa shape index (κ2) is 5.52. The fourth-order valence-corrected chi connectivity index (χ4v) is 2.54. The molecule has 20 heavy (non-hydrogen) atoms. The molecule has 0 bridgehead atoms. The zero-order valence-electron chi connectivity index (χ0n) is 11.3. The van der Waals surface area contributed by atoms with Crippen molar-refractivity contribution < 1.29 is 8.42 Å². The van der Waals surface area contributed by atoms with Crippen LogP contribution in [-0.2, 0) is 10.0 Å². The third kappa shape index (κ3) is 2.92. The second-order valence-electron chi connectivity index (χ2n) is 4.40. The Labute approximate surface area is 118 Å². The molecule has 0 fully saturated rings. The molecular weight excluding hydrogens is 274 g/mol. The molecule has 2 aromatic carbocycles. The van der Waals surface area contributed by atoms with Crippen LogP contribution < -0.4 is 15.8 Å². The van der Waals surface area contributed by atoms with Gasteiger partial charge in [-0.2, -0.15) is 0 Å². The van der Waals surface area contributed by atoms with E-state index < -0.39 is 10.0 Å². The van der Waals surface area contributed by atoms with Crippen molar-refractivity contribution in [2.24, 2.45) is 0 Å². The van der Waals surface area contributed by atoms with Crippen LogP contribution >= 0.6 is 0 Å². The maximum absolute atomic E-state index is 11.8. The van der Waals surface area contributed by atoms with Gasteiger partial charge in [-0.1, -0.05) is 18.2 Å². The van der Waals surface area contributed by atoms with Crippen LogP contribution in [0, 0.1) is 6.92 Å². The first-order chi connectivity index (χ1) is 9.44. The second-order valence-corrected chi connectivity index (χ2v) is 6.28. The highest BCUT2D eigenvalue weighted by atomic mass is 32.2. The zero-order chi connectivity index (χ0) is 14.8. The van der Waals surface area contributed by atoms with Crippen molar-refractivity contribution in [2.45, 2.75) is 11.8 Å². The van der Waals surface area contributed by atoms with Crippen LogP contribution in [0.15, 0.2) is 47.4 Å². The largest absolute Gasteiger partial charge is 0.397 e. The van der Waals surface area contributed by atoms with E-state index >= 15 is 0 Å². The molecular formula is C14H17N3O2S. The van der Waals surface area contributed by atoms with Crippen LogP contribution in [0.4, 0.5) is 17.1 Å². The average molecular weight is 291 g/mol. The van der Waals surface area contributed by atoms with Crippen molar-refractivity contribution in [3.63, 3.8) is 0 Å². The van der Waals surface area contributed by atoms with Gasteiger partial charge in [0.1, 0.15) is 0 Å². The van der Waals surface area contributed by atoms with E-state index in [1.54, 1.807) is 6.07 Å². The van der Waals surface area contributed by atoms with Gasteiger partial charge in [-0.3, -0.25) is 0 Å². The molecule has 2 rings (SSSR count). The smallest absolute Gasteiger partial charge is 0.240 e. The minimum Gasteiger partial charge on any atom is -0.397 e. The molecule has 0 spiro atoms. The number of rotatable bonds is 4. The highest BCUT2D eigenvalue weighted by Crippen LogP contribution is 2.27. The summed E-state index contributed by atoms with van der Waals surface area (Å²) in [7, 11) is -2.11. The van der Waals surface area contributed by atoms with E-state index in [0.717, 1.165) is 11.3 Å². The van der Waals surface area contributed by atoms with Crippen molar-refractivity contribution in [1.29, 1.82) is 0 Å². The summed E-state index contributed by atoms with van der Waals surface area (Å²) in [4.78, 5) is 0.172. The number of anilines is 3. The van der Waals surface area contributed by atoms with E-state index in [2.05, 4.69) is 10.0 Å². The molecule has 0 aliphatic carbocycles. The van der Waals surface area contributed by atoms with Gasteiger partial charge in [-0.15, -0.1) is 0 Å². The van der Waals surface area contributed by atoms with Crippen LogP contribution in [0.25, 0.3) is 0 Å². The molecule has 4 N–H and O–H groups in total. The van der Waals surface area contributed by atoms with Gasteiger partial charge in [0, 0.05) is 5.69 Å². The molecule has 0 saturated carbocycles. The number of hydrogen-bond acceptors (Lipinski definition) is 4. The standard InChI is InChI=1S/C14H17N3O2S/c1-10-5-3-4-6-13(10)17-14-9-11(7-8-12(14)15)20(18,19)16-2/h3-9,16-17H,15H2,1-2H3. The normalized spacial score (nSPS) is 11.3. The number of nitrogens with two attached hydrogens (primary N) is 1. The van der Waals surface area contributed by atoms with Crippen molar-refractivity contribution in [3.05, 3.63) is 48.0 Å². The maximum Gasteiger partial charge on any atom is 0.240 e. The van der Waals surface area contributed by atoms with Crippen molar-refractivity contribution in [1.82, 2.24) is 4.72 Å². The first-order valence-corrected chi connectivity index (χ1v) is 7.58. The number of aryl methyl sites for hydroxylation is 1. The first kappa shape index (κ1) is 14.4. The van der Waals surface area contributed by atoms with Crippen LogP contribution in [0.3, 0.4) is 0 Å². The Morgan fingerprint density at radius 1 is 1.05 bits per heavy atom. The molecule has 2 aromatic rings. The third-order valence-electron chi connectivity index (χ3n) is 3.02. The Kier molecular flexibility index (Phi) is 3.96. The molecule has 0 saturated heterocycles. The van der Waals surface area contributed by atoms with Crippen LogP contribution in [0.2, 0.25) is 0 Å². The molecule has 0 heterocycles. The lowest BCUT2D eigenvalue weighted by atomic mass is 10.2. The minimum absolute atomic E-state index is 0.172. The molecule has 0 atom stereocenters. The van der Waals surface area contributed by atoms with E-state index in [-0.39, 0.29) is 4.90 Å². The summed E-state index contributed by atoms with van der Waals surface area (Å²) < 4.78 is 25.9. The van der Waals surface area contributed by atoms with E-state index in [9.17, 15) is 8.42 Å². The Bertz CT molecular complexity index is 727. The van der Waals surface area contributed by atoms with Gasteiger partial charge in [-0.05, 0) is 43.8 Å². The number of hydrogen-bond donors (Lipinski definition) is 3. The van der Waals surface area contributed by atoms with Gasteiger partial charge >= 0.3 is 0 Å². The Hall–Kier alpha value is -2.05. The van der Waals surface area contributed by atoms with Gasteiger partial charge in [0.05, 0.1) is 16.3 Å². The number of nitrogen functional groups attached to an aromatic ring is 1. The summed E-state index contributed by atoms with van der Waals surface area (Å²) in [6.07, 6.45) is 0. The van der Waals surface area contributed by atoms with Crippen LogP contribution in [-0.4, -0.2) is 15.5 Å². The van der Waals surface area contributed by atoms with Gasteiger partial charge < -0.3 is 11.1 Å². The lowest BCUT2D eigenvalue weighted by Gasteiger charge is -2.13. The Morgan fingerprint density at radius 3 is 2.40 bits per heavy atom. The SMILES string of the molecule is CNS(=O)(=O)c1ccc(N)c(Nc2ccccc2C)c1. The summed E-state index contributed by atoms with van der Waals surface area (Å²) in [5.41, 5.74) is 8.89. The topological polar surface area (TPSA) is 84.2 Å². The lowest BCUT2D eigenvalue weighted by Crippen LogP contribution is -2.18. The maximum atomic E-state index is 11.8. The van der Waals surface area contributed by atoms with Crippen molar-refractivity contribution in [3.8, 4) is 0 Å². The van der Waals surface area contributed by atoms with E-state index in [0.29, 0.717) is 11.4 Å². The van der Waals surface area contributed by atoms with Crippen LogP contribution in [0.1, 0.15) is 5.56 Å². The Balaban J connectivity index is 2.42. The van der Waals surface area contributed by atoms with E-state index in [1.807, 2.05) is 31.2 Å². The van der Waals surface area contributed by atoms with Gasteiger partial charge in [0.25, 0.3) is 0 Å². The number of para-hydroxylation sites is 1. The minimum atomic E-state index is -3.49. The summed E-state index contributed by atoms with van der Waals surface area (Å²) in [5, 5.41) is 3.16. The molecule has 0 amide bonds. The molecule has 106 valence electrons. The van der Waals surface area contributed by atoms with Crippen molar-refractivity contribution >= 4 is 27.1 Å². The molecule has 0 aliphatic rings. The molecule has 5 nitrogen and oxygen atoms in total. The monoisotopic (exact) mass is 291 g/mol. The van der Waals surface area contributed by atoms with Gasteiger partial charge in [-0.25, -0.2) is 13.1 Å². The highest BCUT2D eigenvalue weighted by molar-refractivity contribution is 7.89. The number of nitrogens with one attached hydrogen (secondary N) is 2. The molecule has 0 radical (unpaired) electrons. The van der Waals surface area contributed by atoms with Crippen molar-refractivity contribution in [2.75, 3.05) is 18.1 Å². The number of benzene rings is 2. The summed E-state index contributed by atoms with van der Waals surface area (Å²) in [6, 6.07) is 12.3. The lowest BCUT2D eigenvalue weighted by molar-refractivity contribution is 0.588. The molecule has 0 aromatic heterocycles. The van der Waals surface area contributed by atoms with Gasteiger partial charge in [0.2, 0.25) is 10.0 Å². The third-order valence-corrected chi connectivity index (χ3v) is 4.43.